The minimum absolute atomic E-state index is 0.0653. The first-order valence-corrected chi connectivity index (χ1v) is 13.2. The van der Waals surface area contributed by atoms with Gasteiger partial charge in [-0.3, -0.25) is 0 Å². The predicted molar refractivity (Wildman–Crippen MR) is 136 cm³/mol. The Bertz CT molecular complexity index is 726. The van der Waals surface area contributed by atoms with Crippen LogP contribution in [0.3, 0.4) is 0 Å². The molecule has 1 fully saturated rings. The third kappa shape index (κ3) is 8.37. The Balaban J connectivity index is 1.41. The highest BCUT2D eigenvalue weighted by Crippen LogP contribution is 2.28. The number of unbranched alkanes of at least 4 members (excludes halogenated alkanes) is 8. The van der Waals surface area contributed by atoms with Crippen LogP contribution in [0.25, 0.3) is 11.1 Å². The largest absolute Gasteiger partial charge is 0.373 e. The van der Waals surface area contributed by atoms with Crippen LogP contribution in [-0.4, -0.2) is 19.3 Å². The summed E-state index contributed by atoms with van der Waals surface area (Å²) in [6, 6.07) is 18.0. The molecule has 176 valence electrons. The summed E-state index contributed by atoms with van der Waals surface area (Å²) in [7, 11) is 0. The Morgan fingerprint density at radius 3 is 1.81 bits per heavy atom. The molecule has 1 saturated heterocycles. The van der Waals surface area contributed by atoms with Gasteiger partial charge in [0.15, 0.2) is 0 Å². The van der Waals surface area contributed by atoms with Gasteiger partial charge in [0.1, 0.15) is 6.10 Å². The topological polar surface area (TPSA) is 18.5 Å². The predicted octanol–water partition coefficient (Wildman–Crippen LogP) is 8.68. The standard InChI is InChI=1S/C30H44O2/c1-3-5-7-9-11-13-25-15-17-26(18-16-25)27-19-21-28(22-20-27)30-24-31-29(23-32-30)14-12-10-8-6-4-2/h15-22,29-30H,3-14,23-24H2,1-2H3/t29-,30-/m0/s1. The van der Waals surface area contributed by atoms with Gasteiger partial charge in [-0.25, -0.2) is 0 Å². The maximum Gasteiger partial charge on any atom is 0.106 e. The molecule has 0 spiro atoms. The average molecular weight is 437 g/mol. The number of hydrogen-bond acceptors (Lipinski definition) is 2. The molecule has 3 rings (SSSR count). The molecule has 0 radical (unpaired) electrons. The number of hydrogen-bond donors (Lipinski definition) is 0. The number of benzene rings is 2. The van der Waals surface area contributed by atoms with Gasteiger partial charge in [-0.05, 0) is 41.5 Å². The number of aryl methyl sites for hydroxylation is 1. The Kier molecular flexibility index (Phi) is 11.3. The monoisotopic (exact) mass is 436 g/mol. The maximum absolute atomic E-state index is 6.15. The second kappa shape index (κ2) is 14.5. The second-order valence-electron chi connectivity index (χ2n) is 9.46. The molecule has 1 aliphatic rings. The van der Waals surface area contributed by atoms with E-state index in [0.29, 0.717) is 6.61 Å². The van der Waals surface area contributed by atoms with Gasteiger partial charge >= 0.3 is 0 Å². The molecule has 0 amide bonds. The van der Waals surface area contributed by atoms with Crippen LogP contribution in [-0.2, 0) is 15.9 Å². The van der Waals surface area contributed by atoms with Crippen molar-refractivity contribution in [3.05, 3.63) is 59.7 Å². The van der Waals surface area contributed by atoms with Crippen LogP contribution in [0.5, 0.6) is 0 Å². The Morgan fingerprint density at radius 2 is 1.22 bits per heavy atom. The van der Waals surface area contributed by atoms with Crippen molar-refractivity contribution in [2.75, 3.05) is 13.2 Å². The van der Waals surface area contributed by atoms with Gasteiger partial charge in [0, 0.05) is 0 Å². The molecule has 2 aromatic rings. The third-order valence-electron chi connectivity index (χ3n) is 6.73. The average Bonchev–Trinajstić information content (AvgIpc) is 2.85. The molecule has 2 heteroatoms. The highest BCUT2D eigenvalue weighted by Gasteiger charge is 2.23. The summed E-state index contributed by atoms with van der Waals surface area (Å²) in [6.45, 7) is 5.93. The fourth-order valence-corrected chi connectivity index (χ4v) is 4.56. The van der Waals surface area contributed by atoms with Crippen LogP contribution in [0.15, 0.2) is 48.5 Å². The minimum atomic E-state index is 0.0653. The first kappa shape index (κ1) is 25.0. The normalized spacial score (nSPS) is 18.7. The van der Waals surface area contributed by atoms with Crippen molar-refractivity contribution in [1.29, 1.82) is 0 Å². The summed E-state index contributed by atoms with van der Waals surface area (Å²) in [5, 5.41) is 0. The quantitative estimate of drug-likeness (QED) is 0.276. The number of rotatable bonds is 14. The van der Waals surface area contributed by atoms with Crippen molar-refractivity contribution >= 4 is 0 Å². The van der Waals surface area contributed by atoms with Crippen molar-refractivity contribution in [3.63, 3.8) is 0 Å². The lowest BCUT2D eigenvalue weighted by molar-refractivity contribution is -0.137. The Hall–Kier alpha value is -1.64. The molecule has 0 bridgehead atoms. The van der Waals surface area contributed by atoms with E-state index >= 15 is 0 Å². The summed E-state index contributed by atoms with van der Waals surface area (Å²) in [5.74, 6) is 0. The number of ether oxygens (including phenoxy) is 2. The Morgan fingerprint density at radius 1 is 0.625 bits per heavy atom. The summed E-state index contributed by atoms with van der Waals surface area (Å²) < 4.78 is 12.3. The molecule has 1 aliphatic heterocycles. The zero-order valence-corrected chi connectivity index (χ0v) is 20.5. The molecular formula is C30H44O2. The smallest absolute Gasteiger partial charge is 0.106 e. The van der Waals surface area contributed by atoms with E-state index in [2.05, 4.69) is 62.4 Å². The highest BCUT2D eigenvalue weighted by atomic mass is 16.6. The zero-order chi connectivity index (χ0) is 22.4. The van der Waals surface area contributed by atoms with Gasteiger partial charge in [0.05, 0.1) is 19.3 Å². The summed E-state index contributed by atoms with van der Waals surface area (Å²) >= 11 is 0. The molecule has 2 aromatic carbocycles. The third-order valence-corrected chi connectivity index (χ3v) is 6.73. The fourth-order valence-electron chi connectivity index (χ4n) is 4.56. The van der Waals surface area contributed by atoms with Crippen molar-refractivity contribution in [1.82, 2.24) is 0 Å². The fraction of sp³-hybridized carbons (Fsp3) is 0.600. The molecule has 1 heterocycles. The molecule has 0 N–H and O–H groups in total. The molecule has 32 heavy (non-hydrogen) atoms. The first-order chi connectivity index (χ1) is 15.8. The van der Waals surface area contributed by atoms with E-state index in [1.807, 2.05) is 0 Å². The molecule has 0 saturated carbocycles. The van der Waals surface area contributed by atoms with Crippen molar-refractivity contribution < 1.29 is 9.47 Å². The lowest BCUT2D eigenvalue weighted by Crippen LogP contribution is -2.31. The van der Waals surface area contributed by atoms with Crippen molar-refractivity contribution in [2.24, 2.45) is 0 Å². The highest BCUT2D eigenvalue weighted by molar-refractivity contribution is 5.64. The Labute approximate surface area is 196 Å². The van der Waals surface area contributed by atoms with Crippen LogP contribution in [0.2, 0.25) is 0 Å². The van der Waals surface area contributed by atoms with Crippen LogP contribution in [0, 0.1) is 0 Å². The zero-order valence-electron chi connectivity index (χ0n) is 20.5. The summed E-state index contributed by atoms with van der Waals surface area (Å²) in [4.78, 5) is 0. The molecule has 0 aliphatic carbocycles. The maximum atomic E-state index is 6.15. The van der Waals surface area contributed by atoms with E-state index in [1.165, 1.54) is 92.9 Å². The van der Waals surface area contributed by atoms with Crippen molar-refractivity contribution in [3.8, 4) is 11.1 Å². The lowest BCUT2D eigenvalue weighted by Gasteiger charge is -2.30. The van der Waals surface area contributed by atoms with Crippen LogP contribution in [0.1, 0.15) is 102 Å². The molecule has 2 atom stereocenters. The van der Waals surface area contributed by atoms with E-state index < -0.39 is 0 Å². The van der Waals surface area contributed by atoms with Gasteiger partial charge in [-0.2, -0.15) is 0 Å². The minimum Gasteiger partial charge on any atom is -0.373 e. The second-order valence-corrected chi connectivity index (χ2v) is 9.46. The van der Waals surface area contributed by atoms with E-state index in [-0.39, 0.29) is 12.2 Å². The van der Waals surface area contributed by atoms with Gasteiger partial charge in [0.2, 0.25) is 0 Å². The molecule has 0 unspecified atom stereocenters. The van der Waals surface area contributed by atoms with Crippen LogP contribution < -0.4 is 0 Å². The van der Waals surface area contributed by atoms with Crippen LogP contribution >= 0.6 is 0 Å². The molecule has 0 aromatic heterocycles. The van der Waals surface area contributed by atoms with Crippen LogP contribution in [0.4, 0.5) is 0 Å². The lowest BCUT2D eigenvalue weighted by atomic mass is 9.99. The van der Waals surface area contributed by atoms with E-state index in [4.69, 9.17) is 9.47 Å². The first-order valence-electron chi connectivity index (χ1n) is 13.2. The van der Waals surface area contributed by atoms with Gasteiger partial charge in [0.25, 0.3) is 0 Å². The SMILES string of the molecule is CCCCCCCc1ccc(-c2ccc([C@@H]3CO[C@@H](CCCCCCC)CO3)cc2)cc1. The van der Waals surface area contributed by atoms with E-state index in [0.717, 1.165) is 13.0 Å². The van der Waals surface area contributed by atoms with Crippen molar-refractivity contribution in [2.45, 2.75) is 103 Å². The molecule has 2 nitrogen and oxygen atoms in total. The molecular weight excluding hydrogens is 392 g/mol. The van der Waals surface area contributed by atoms with E-state index in [9.17, 15) is 0 Å². The summed E-state index contributed by atoms with van der Waals surface area (Å²) in [6.07, 6.45) is 15.9. The van der Waals surface area contributed by atoms with Gasteiger partial charge in [-0.1, -0.05) is 120 Å². The van der Waals surface area contributed by atoms with Gasteiger partial charge in [-0.15, -0.1) is 0 Å². The summed E-state index contributed by atoms with van der Waals surface area (Å²) in [5.41, 5.74) is 5.23. The van der Waals surface area contributed by atoms with Gasteiger partial charge < -0.3 is 9.47 Å². The van der Waals surface area contributed by atoms with E-state index in [1.54, 1.807) is 0 Å².